The van der Waals surface area contributed by atoms with Gasteiger partial charge in [0.15, 0.2) is 0 Å². The zero-order chi connectivity index (χ0) is 13.8. The highest BCUT2D eigenvalue weighted by molar-refractivity contribution is 7.87. The normalized spacial score (nSPS) is 11.9. The van der Waals surface area contributed by atoms with Crippen molar-refractivity contribution in [3.05, 3.63) is 17.5 Å². The number of carboxylic acids is 1. The molecule has 0 bridgehead atoms. The van der Waals surface area contributed by atoms with E-state index in [1.807, 2.05) is 0 Å². The van der Waals surface area contributed by atoms with E-state index < -0.39 is 16.2 Å². The number of aryl methyl sites for hydroxylation is 1. The molecule has 1 rings (SSSR count). The standard InChI is InChI=1S/C9H15N3O5S/c1-7-5-8(11-17-7)6-10-18(15,16)12(2)4-3-9(13)14/h5,10H,3-4,6H2,1-2H3,(H,13,14). The van der Waals surface area contributed by atoms with E-state index in [4.69, 9.17) is 9.63 Å². The maximum Gasteiger partial charge on any atom is 0.304 e. The van der Waals surface area contributed by atoms with Crippen molar-refractivity contribution in [3.8, 4) is 0 Å². The van der Waals surface area contributed by atoms with Crippen molar-refractivity contribution in [1.29, 1.82) is 0 Å². The summed E-state index contributed by atoms with van der Waals surface area (Å²) in [7, 11) is -2.40. The summed E-state index contributed by atoms with van der Waals surface area (Å²) in [5.41, 5.74) is 0.461. The minimum Gasteiger partial charge on any atom is -0.481 e. The molecule has 0 amide bonds. The molecule has 0 aromatic carbocycles. The van der Waals surface area contributed by atoms with Crippen LogP contribution >= 0.6 is 0 Å². The van der Waals surface area contributed by atoms with Gasteiger partial charge in [0.05, 0.1) is 18.7 Å². The van der Waals surface area contributed by atoms with Crippen LogP contribution in [0.3, 0.4) is 0 Å². The van der Waals surface area contributed by atoms with Gasteiger partial charge in [-0.05, 0) is 6.92 Å². The molecule has 1 aromatic rings. The lowest BCUT2D eigenvalue weighted by Crippen LogP contribution is -2.38. The fraction of sp³-hybridized carbons (Fsp3) is 0.556. The first-order chi connectivity index (χ1) is 8.31. The monoisotopic (exact) mass is 277 g/mol. The van der Waals surface area contributed by atoms with E-state index in [1.54, 1.807) is 13.0 Å². The number of hydrogen-bond donors (Lipinski definition) is 2. The molecule has 102 valence electrons. The molecule has 9 heteroatoms. The number of aliphatic carboxylic acids is 1. The van der Waals surface area contributed by atoms with Gasteiger partial charge in [0, 0.05) is 19.7 Å². The maximum absolute atomic E-state index is 11.7. The van der Waals surface area contributed by atoms with Gasteiger partial charge in [-0.15, -0.1) is 0 Å². The lowest BCUT2D eigenvalue weighted by Gasteiger charge is -2.15. The summed E-state index contributed by atoms with van der Waals surface area (Å²) in [6, 6.07) is 1.61. The Hall–Kier alpha value is -1.45. The number of carbonyl (C=O) groups is 1. The smallest absolute Gasteiger partial charge is 0.304 e. The Labute approximate surface area is 105 Å². The maximum atomic E-state index is 11.7. The van der Waals surface area contributed by atoms with Crippen LogP contribution in [-0.2, 0) is 21.5 Å². The molecular formula is C9H15N3O5S. The molecule has 18 heavy (non-hydrogen) atoms. The van der Waals surface area contributed by atoms with Crippen molar-refractivity contribution in [3.63, 3.8) is 0 Å². The molecule has 0 saturated carbocycles. The summed E-state index contributed by atoms with van der Waals surface area (Å²) >= 11 is 0. The minimum atomic E-state index is -3.71. The van der Waals surface area contributed by atoms with Crippen molar-refractivity contribution < 1.29 is 22.8 Å². The summed E-state index contributed by atoms with van der Waals surface area (Å²) < 4.78 is 31.4. The van der Waals surface area contributed by atoms with E-state index in [0.29, 0.717) is 11.5 Å². The zero-order valence-electron chi connectivity index (χ0n) is 10.1. The van der Waals surface area contributed by atoms with Crippen LogP contribution in [0.2, 0.25) is 0 Å². The van der Waals surface area contributed by atoms with Crippen LogP contribution in [0.1, 0.15) is 17.9 Å². The Morgan fingerprint density at radius 1 is 1.61 bits per heavy atom. The van der Waals surface area contributed by atoms with Crippen molar-refractivity contribution in [1.82, 2.24) is 14.2 Å². The van der Waals surface area contributed by atoms with Gasteiger partial charge >= 0.3 is 5.97 Å². The van der Waals surface area contributed by atoms with Crippen molar-refractivity contribution in [2.75, 3.05) is 13.6 Å². The number of carboxylic acid groups (broad SMARTS) is 1. The molecule has 2 N–H and O–H groups in total. The molecule has 0 spiro atoms. The third-order valence-corrected chi connectivity index (χ3v) is 3.68. The van der Waals surface area contributed by atoms with E-state index in [0.717, 1.165) is 4.31 Å². The molecule has 0 atom stereocenters. The van der Waals surface area contributed by atoms with Gasteiger partial charge in [-0.25, -0.2) is 0 Å². The Kier molecular flexibility index (Phi) is 4.82. The zero-order valence-corrected chi connectivity index (χ0v) is 10.9. The van der Waals surface area contributed by atoms with Crippen LogP contribution in [0.15, 0.2) is 10.6 Å². The summed E-state index contributed by atoms with van der Waals surface area (Å²) in [6.45, 7) is 1.60. The first kappa shape index (κ1) is 14.6. The SMILES string of the molecule is Cc1cc(CNS(=O)(=O)N(C)CCC(=O)O)no1. The van der Waals surface area contributed by atoms with Crippen LogP contribution < -0.4 is 4.72 Å². The first-order valence-electron chi connectivity index (χ1n) is 5.16. The number of rotatable bonds is 7. The summed E-state index contributed by atoms with van der Waals surface area (Å²) in [6.07, 6.45) is -0.250. The molecule has 1 heterocycles. The molecule has 0 unspecified atom stereocenters. The lowest BCUT2D eigenvalue weighted by molar-refractivity contribution is -0.137. The van der Waals surface area contributed by atoms with Crippen LogP contribution in [0, 0.1) is 6.92 Å². The third-order valence-electron chi connectivity index (χ3n) is 2.16. The molecule has 8 nitrogen and oxygen atoms in total. The van der Waals surface area contributed by atoms with Crippen LogP contribution in [-0.4, -0.2) is 42.5 Å². The Morgan fingerprint density at radius 3 is 2.78 bits per heavy atom. The number of nitrogens with zero attached hydrogens (tertiary/aromatic N) is 2. The fourth-order valence-corrected chi connectivity index (χ4v) is 2.03. The van der Waals surface area contributed by atoms with Crippen LogP contribution in [0.5, 0.6) is 0 Å². The molecule has 0 fully saturated rings. The van der Waals surface area contributed by atoms with Crippen molar-refractivity contribution in [2.24, 2.45) is 0 Å². The van der Waals surface area contributed by atoms with E-state index in [1.165, 1.54) is 7.05 Å². The summed E-state index contributed by atoms with van der Waals surface area (Å²) in [4.78, 5) is 10.3. The van der Waals surface area contributed by atoms with Crippen LogP contribution in [0.4, 0.5) is 0 Å². The topological polar surface area (TPSA) is 113 Å². The highest BCUT2D eigenvalue weighted by atomic mass is 32.2. The summed E-state index contributed by atoms with van der Waals surface area (Å²) in [5, 5.41) is 12.1. The summed E-state index contributed by atoms with van der Waals surface area (Å²) in [5.74, 6) is -0.465. The molecule has 0 radical (unpaired) electrons. The fourth-order valence-electron chi connectivity index (χ4n) is 1.15. The second-order valence-corrected chi connectivity index (χ2v) is 5.58. The second kappa shape index (κ2) is 5.94. The first-order valence-corrected chi connectivity index (χ1v) is 6.60. The molecule has 1 aromatic heterocycles. The Morgan fingerprint density at radius 2 is 2.28 bits per heavy atom. The van der Waals surface area contributed by atoms with Gasteiger partial charge < -0.3 is 9.63 Å². The quantitative estimate of drug-likeness (QED) is 0.709. The number of nitrogens with one attached hydrogen (secondary N) is 1. The van der Waals surface area contributed by atoms with Gasteiger partial charge in [0.2, 0.25) is 0 Å². The highest BCUT2D eigenvalue weighted by Gasteiger charge is 2.18. The van der Waals surface area contributed by atoms with Gasteiger partial charge in [-0.3, -0.25) is 4.79 Å². The second-order valence-electron chi connectivity index (χ2n) is 3.72. The van der Waals surface area contributed by atoms with Crippen molar-refractivity contribution in [2.45, 2.75) is 19.9 Å². The molecule has 0 saturated heterocycles. The molecular weight excluding hydrogens is 262 g/mol. The molecule has 0 aliphatic heterocycles. The predicted molar refractivity (Wildman–Crippen MR) is 61.9 cm³/mol. The van der Waals surface area contributed by atoms with Crippen molar-refractivity contribution >= 4 is 16.2 Å². The van der Waals surface area contributed by atoms with E-state index in [-0.39, 0.29) is 19.5 Å². The third kappa shape index (κ3) is 4.43. The lowest BCUT2D eigenvalue weighted by atomic mass is 10.4. The van der Waals surface area contributed by atoms with E-state index >= 15 is 0 Å². The average molecular weight is 277 g/mol. The highest BCUT2D eigenvalue weighted by Crippen LogP contribution is 2.03. The molecule has 0 aliphatic rings. The van der Waals surface area contributed by atoms with Gasteiger partial charge in [-0.1, -0.05) is 5.16 Å². The van der Waals surface area contributed by atoms with Crippen LogP contribution in [0.25, 0.3) is 0 Å². The minimum absolute atomic E-state index is 0.00289. The number of aromatic nitrogens is 1. The van der Waals surface area contributed by atoms with E-state index in [9.17, 15) is 13.2 Å². The van der Waals surface area contributed by atoms with E-state index in [2.05, 4.69) is 9.88 Å². The van der Waals surface area contributed by atoms with Gasteiger partial charge in [-0.2, -0.15) is 17.4 Å². The Balaban J connectivity index is 2.51. The van der Waals surface area contributed by atoms with Gasteiger partial charge in [0.25, 0.3) is 10.2 Å². The molecule has 0 aliphatic carbocycles. The van der Waals surface area contributed by atoms with Gasteiger partial charge in [0.1, 0.15) is 5.76 Å². The largest absolute Gasteiger partial charge is 0.481 e. The Bertz CT molecular complexity index is 510. The number of hydrogen-bond acceptors (Lipinski definition) is 5. The predicted octanol–water partition coefficient (Wildman–Crippen LogP) is -0.276. The average Bonchev–Trinajstić information content (AvgIpc) is 2.69.